The minimum Gasteiger partial charge on any atom is -0.497 e. The molecule has 0 saturated carbocycles. The number of hydrogen-bond acceptors (Lipinski definition) is 13. The normalized spacial score (nSPS) is 15.9. The van der Waals surface area contributed by atoms with Crippen LogP contribution in [-0.2, 0) is 77.4 Å². The van der Waals surface area contributed by atoms with Crippen molar-refractivity contribution in [3.05, 3.63) is 265 Å². The summed E-state index contributed by atoms with van der Waals surface area (Å²) < 4.78 is 38.1. The Kier molecular flexibility index (Phi) is 26.3. The van der Waals surface area contributed by atoms with Gasteiger partial charge in [0.1, 0.15) is 17.2 Å². The lowest BCUT2D eigenvalue weighted by atomic mass is 9.79. The topological polar surface area (TPSA) is 121 Å². The van der Waals surface area contributed by atoms with Crippen LogP contribution in [0.15, 0.2) is 182 Å². The average molecular weight is 1420 g/mol. The Morgan fingerprint density at radius 3 is 0.865 bits per heavy atom. The number of aryl methyl sites for hydroxylation is 3. The quantitative estimate of drug-likeness (QED) is 0.0220. The minimum atomic E-state index is -4.19. The van der Waals surface area contributed by atoms with Crippen molar-refractivity contribution >= 4 is 25.2 Å². The molecular formula is C90H112N6O7P+. The second-order valence-corrected chi connectivity index (χ2v) is 29.9. The Hall–Kier alpha value is -8.55. The molecule has 0 aliphatic heterocycles. The van der Waals surface area contributed by atoms with Gasteiger partial charge in [-0.05, 0) is 293 Å². The van der Waals surface area contributed by atoms with Crippen LogP contribution < -0.4 is 58.4 Å². The summed E-state index contributed by atoms with van der Waals surface area (Å²) >= 11 is 0. The Morgan fingerprint density at radius 1 is 0.337 bits per heavy atom. The fourth-order valence-corrected chi connectivity index (χ4v) is 17.1. The van der Waals surface area contributed by atoms with Crippen LogP contribution in [0.25, 0.3) is 0 Å². The molecule has 13 nitrogen and oxygen atoms in total. The summed E-state index contributed by atoms with van der Waals surface area (Å²) in [6.45, 7) is 24.1. The molecule has 0 radical (unpaired) electrons. The minimum absolute atomic E-state index is 0.291. The van der Waals surface area contributed by atoms with E-state index in [0.29, 0.717) is 35.0 Å². The number of nitrogens with one attached hydrogen (secondary N) is 3. The summed E-state index contributed by atoms with van der Waals surface area (Å²) in [5.74, 6) is 4.98. The van der Waals surface area contributed by atoms with Crippen LogP contribution in [0.4, 0.5) is 17.1 Å². The Labute approximate surface area is 621 Å². The first-order chi connectivity index (χ1) is 50.9. The highest BCUT2D eigenvalue weighted by molar-refractivity contribution is 7.56. The molecule has 9 aromatic carbocycles. The van der Waals surface area contributed by atoms with Crippen molar-refractivity contribution in [3.63, 3.8) is 0 Å². The molecule has 3 atom stereocenters. The van der Waals surface area contributed by atoms with E-state index in [1.165, 1.54) is 101 Å². The average Bonchev–Trinajstić information content (AvgIpc) is 0.793. The molecule has 3 aliphatic carbocycles. The number of ether oxygens (including phenoxy) is 3. The third-order valence-corrected chi connectivity index (χ3v) is 23.1. The van der Waals surface area contributed by atoms with Gasteiger partial charge in [0.2, 0.25) is 0 Å². The monoisotopic (exact) mass is 1420 g/mol. The van der Waals surface area contributed by atoms with Gasteiger partial charge in [0, 0.05) is 74.5 Å². The third kappa shape index (κ3) is 19.1. The first-order valence-corrected chi connectivity index (χ1v) is 40.1. The maximum atomic E-state index is 13.2. The summed E-state index contributed by atoms with van der Waals surface area (Å²) in [5, 5.41) is 10.4. The van der Waals surface area contributed by atoms with Gasteiger partial charge in [0.05, 0.1) is 21.3 Å². The molecule has 0 heterocycles. The summed E-state index contributed by atoms with van der Waals surface area (Å²) in [6, 6.07) is 66.0. The van der Waals surface area contributed by atoms with E-state index in [9.17, 15) is 4.89 Å². The van der Waals surface area contributed by atoms with Gasteiger partial charge in [-0.3, -0.25) is 0 Å². The van der Waals surface area contributed by atoms with Gasteiger partial charge in [-0.1, -0.05) is 130 Å². The molecule has 4 N–H and O–H groups in total. The van der Waals surface area contributed by atoms with Crippen molar-refractivity contribution in [1.29, 1.82) is 0 Å². The number of methoxy groups -OCH3 is 3. The highest BCUT2D eigenvalue weighted by atomic mass is 31.2. The molecule has 0 bridgehead atoms. The molecule has 104 heavy (non-hydrogen) atoms. The fraction of sp³-hybridized carbons (Fsp3) is 0.400. The molecule has 9 aromatic rings. The van der Waals surface area contributed by atoms with E-state index < -0.39 is 8.17 Å². The zero-order valence-corrected chi connectivity index (χ0v) is 64.1. The summed E-state index contributed by atoms with van der Waals surface area (Å²) in [7, 11) is 1.08. The SMILES string of the molecule is CCNCCc1ccc(CN(CC)c2cc(OC)ccc2C2CCc3cc(O[P+](O)(Oc4ccc5c(c4)CCC(c4ccc(OC)cc4N(CC)Cc4ccc(CCNCC)cc4)C5)Oc4ccc5c(c4)CCC(c4ccc(OC)cc4N(CC)Cc4ccc(CCNCC)cc4)C5)ccc3C2)cc1. The van der Waals surface area contributed by atoms with E-state index in [0.717, 1.165) is 173 Å². The standard InChI is InChI=1S/C90H112N6O7P/c1-10-91-49-46-64-16-22-67(23-17-64)61-94(13-4)88-58-79(98-7)40-43-85(88)76-31-28-73-55-82(37-34-70(73)52-76)101-104(97,102-83-38-35-71-53-77(32-29-74(71)56-83)86-44-41-80(99-8)59-89(86)95(14-5)62-68-24-18-65(19-25-68)47-50-92-11-2)103-84-39-36-72-54-78(33-30-75(72)57-84)87-45-42-81(100-9)60-90(87)96(15-6)63-69-26-20-66(21-27-69)48-51-93-12-3/h16-27,34-45,55-60,76-78,91-93,97H,10-15,28-33,46-54,61-63H2,1-9H3/q+1. The molecule has 0 amide bonds. The van der Waals surface area contributed by atoms with Crippen LogP contribution in [0.2, 0.25) is 0 Å². The number of likely N-dealkylation sites (N-methyl/N-ethyl adjacent to an activating group) is 3. The van der Waals surface area contributed by atoms with Gasteiger partial charge in [0.15, 0.2) is 17.2 Å². The van der Waals surface area contributed by atoms with E-state index in [4.69, 9.17) is 27.8 Å². The van der Waals surface area contributed by atoms with Crippen molar-refractivity contribution < 1.29 is 32.7 Å². The molecule has 0 spiro atoms. The van der Waals surface area contributed by atoms with E-state index in [1.54, 1.807) is 21.3 Å². The molecule has 0 aromatic heterocycles. The largest absolute Gasteiger partial charge is 0.714 e. The lowest BCUT2D eigenvalue weighted by molar-refractivity contribution is 0.254. The van der Waals surface area contributed by atoms with Gasteiger partial charge in [-0.15, -0.1) is 4.89 Å². The predicted octanol–water partition coefficient (Wildman–Crippen LogP) is 18.3. The predicted molar refractivity (Wildman–Crippen MR) is 430 cm³/mol. The maximum absolute atomic E-state index is 13.2. The maximum Gasteiger partial charge on any atom is 0.714 e. The molecular weight excluding hydrogens is 1310 g/mol. The van der Waals surface area contributed by atoms with E-state index in [-0.39, 0.29) is 0 Å². The summed E-state index contributed by atoms with van der Waals surface area (Å²) in [5.41, 5.74) is 23.0. The molecule has 548 valence electrons. The molecule has 3 unspecified atom stereocenters. The third-order valence-electron chi connectivity index (χ3n) is 21.8. The first-order valence-electron chi connectivity index (χ1n) is 38.6. The van der Waals surface area contributed by atoms with Crippen molar-refractivity contribution in [3.8, 4) is 34.5 Å². The Morgan fingerprint density at radius 2 is 0.606 bits per heavy atom. The summed E-state index contributed by atoms with van der Waals surface area (Å²) in [4.78, 5) is 20.6. The van der Waals surface area contributed by atoms with Crippen LogP contribution in [-0.4, -0.2) is 85.1 Å². The highest BCUT2D eigenvalue weighted by Gasteiger charge is 2.51. The number of rotatable bonds is 36. The van der Waals surface area contributed by atoms with E-state index >= 15 is 0 Å². The Bertz CT molecular complexity index is 3820. The number of anilines is 3. The van der Waals surface area contributed by atoms with Gasteiger partial charge in [-0.25, -0.2) is 13.6 Å². The number of nitrogens with zero attached hydrogens (tertiary/aromatic N) is 3. The number of hydrogen-bond donors (Lipinski definition) is 4. The van der Waals surface area contributed by atoms with Crippen molar-refractivity contribution in [2.24, 2.45) is 0 Å². The van der Waals surface area contributed by atoms with Gasteiger partial charge >= 0.3 is 8.17 Å². The van der Waals surface area contributed by atoms with Crippen LogP contribution in [0.1, 0.15) is 162 Å². The van der Waals surface area contributed by atoms with E-state index in [1.807, 2.05) is 18.2 Å². The smallest absolute Gasteiger partial charge is 0.497 e. The molecule has 14 heteroatoms. The summed E-state index contributed by atoms with van der Waals surface area (Å²) in [6.07, 6.45) is 11.1. The highest BCUT2D eigenvalue weighted by Crippen LogP contribution is 2.58. The van der Waals surface area contributed by atoms with Crippen LogP contribution >= 0.6 is 8.17 Å². The lowest BCUT2D eigenvalue weighted by Gasteiger charge is -2.32. The lowest BCUT2D eigenvalue weighted by Crippen LogP contribution is -2.25. The van der Waals surface area contributed by atoms with Crippen molar-refractivity contribution in [2.75, 3.05) is 94.9 Å². The van der Waals surface area contributed by atoms with Crippen molar-refractivity contribution in [2.45, 2.75) is 156 Å². The number of benzene rings is 9. The zero-order chi connectivity index (χ0) is 72.4. The van der Waals surface area contributed by atoms with Crippen LogP contribution in [0.5, 0.6) is 34.5 Å². The first kappa shape index (κ1) is 75.1. The van der Waals surface area contributed by atoms with E-state index in [2.05, 4.69) is 236 Å². The van der Waals surface area contributed by atoms with Crippen LogP contribution in [0, 0.1) is 0 Å². The molecule has 0 saturated heterocycles. The fourth-order valence-electron chi connectivity index (χ4n) is 15.9. The zero-order valence-electron chi connectivity index (χ0n) is 63.2. The van der Waals surface area contributed by atoms with Gasteiger partial charge in [0.25, 0.3) is 0 Å². The molecule has 3 aliphatic rings. The molecule has 0 fully saturated rings. The van der Waals surface area contributed by atoms with Crippen molar-refractivity contribution in [1.82, 2.24) is 16.0 Å². The van der Waals surface area contributed by atoms with Gasteiger partial charge in [-0.2, -0.15) is 0 Å². The Balaban J connectivity index is 0.792. The number of fused-ring (bicyclic) bond motifs is 3. The van der Waals surface area contributed by atoms with Gasteiger partial charge < -0.3 is 44.9 Å². The second kappa shape index (κ2) is 36.4. The molecule has 12 rings (SSSR count). The second-order valence-electron chi connectivity index (χ2n) is 28.4. The van der Waals surface area contributed by atoms with Crippen LogP contribution in [0.3, 0.4) is 0 Å².